The number of Topliss-reactive ketones (excluding diaryl/α,β-unsaturated/α-hetero) is 2. The van der Waals surface area contributed by atoms with Gasteiger partial charge >= 0.3 is 0 Å². The van der Waals surface area contributed by atoms with E-state index in [1.807, 2.05) is 13.0 Å². The molecule has 0 aliphatic heterocycles. The lowest BCUT2D eigenvalue weighted by Crippen LogP contribution is -2.69. The SMILES string of the molecule is CONC(=O)[C@]12CCC(C)(C)CC1C1C(=O)CC3[C@@]4(C)C=C(C#N)C(=O)[C@@H](C)C4CC[C@@]3(C)[C@]1(C)CC2. The third kappa shape index (κ3) is 3.35. The normalized spacial score (nSPS) is 48.4. The molecule has 0 aromatic heterocycles. The molecule has 0 radical (unpaired) electrons. The van der Waals surface area contributed by atoms with Crippen LogP contribution in [-0.2, 0) is 19.2 Å². The molecule has 5 rings (SSSR count). The maximum absolute atomic E-state index is 14.4. The summed E-state index contributed by atoms with van der Waals surface area (Å²) in [5.41, 5.74) is 1.68. The lowest BCUT2D eigenvalue weighted by atomic mass is 9.32. The first-order valence-corrected chi connectivity index (χ1v) is 14.2. The van der Waals surface area contributed by atoms with E-state index in [0.29, 0.717) is 6.42 Å². The number of fused-ring (bicyclic) bond motifs is 7. The van der Waals surface area contributed by atoms with Crippen LogP contribution in [0.3, 0.4) is 0 Å². The van der Waals surface area contributed by atoms with Crippen LogP contribution in [0.4, 0.5) is 0 Å². The molecule has 4 fully saturated rings. The van der Waals surface area contributed by atoms with Crippen molar-refractivity contribution >= 4 is 17.5 Å². The monoisotopic (exact) mass is 508 g/mol. The number of carbonyl (C=O) groups is 3. The highest BCUT2D eigenvalue weighted by Gasteiger charge is 2.72. The van der Waals surface area contributed by atoms with Gasteiger partial charge < -0.3 is 0 Å². The molecular formula is C31H44N2O4. The molecule has 1 N–H and O–H groups in total. The highest BCUT2D eigenvalue weighted by atomic mass is 16.6. The van der Waals surface area contributed by atoms with Crippen molar-refractivity contribution in [1.29, 1.82) is 5.26 Å². The second-order valence-corrected chi connectivity index (χ2v) is 14.6. The van der Waals surface area contributed by atoms with Gasteiger partial charge in [-0.2, -0.15) is 5.26 Å². The molecule has 4 unspecified atom stereocenters. The Morgan fingerprint density at radius 2 is 1.70 bits per heavy atom. The van der Waals surface area contributed by atoms with Crippen LogP contribution in [0.5, 0.6) is 0 Å². The number of rotatable bonds is 2. The summed E-state index contributed by atoms with van der Waals surface area (Å²) in [5, 5.41) is 9.78. The summed E-state index contributed by atoms with van der Waals surface area (Å²) in [7, 11) is 1.48. The van der Waals surface area contributed by atoms with Gasteiger partial charge in [0.25, 0.3) is 0 Å². The Morgan fingerprint density at radius 1 is 1.03 bits per heavy atom. The van der Waals surface area contributed by atoms with Crippen LogP contribution >= 0.6 is 0 Å². The molecule has 6 nitrogen and oxygen atoms in total. The Morgan fingerprint density at radius 3 is 2.35 bits per heavy atom. The smallest absolute Gasteiger partial charge is 0.250 e. The van der Waals surface area contributed by atoms with Crippen LogP contribution in [0.15, 0.2) is 11.6 Å². The van der Waals surface area contributed by atoms with Crippen LogP contribution in [-0.4, -0.2) is 24.6 Å². The summed E-state index contributed by atoms with van der Waals surface area (Å²) in [6.45, 7) is 13.4. The highest BCUT2D eigenvalue weighted by Crippen LogP contribution is 2.75. The molecule has 5 aliphatic rings. The van der Waals surface area contributed by atoms with E-state index in [-0.39, 0.29) is 74.3 Å². The van der Waals surface area contributed by atoms with E-state index in [0.717, 1.165) is 44.9 Å². The fourth-order valence-corrected chi connectivity index (χ4v) is 10.5. The van der Waals surface area contributed by atoms with Gasteiger partial charge in [-0.25, -0.2) is 5.48 Å². The van der Waals surface area contributed by atoms with Crippen LogP contribution in [0.2, 0.25) is 0 Å². The second kappa shape index (κ2) is 8.25. The Hall–Kier alpha value is -2.00. The molecule has 0 aromatic rings. The number of nitrogens with one attached hydrogen (secondary N) is 1. The Kier molecular flexibility index (Phi) is 5.93. The van der Waals surface area contributed by atoms with E-state index in [4.69, 9.17) is 4.84 Å². The summed E-state index contributed by atoms with van der Waals surface area (Å²) in [4.78, 5) is 46.0. The summed E-state index contributed by atoms with van der Waals surface area (Å²) in [5.74, 6) is -0.00324. The zero-order valence-electron chi connectivity index (χ0n) is 23.7. The van der Waals surface area contributed by atoms with Crippen LogP contribution in [0.1, 0.15) is 92.9 Å². The second-order valence-electron chi connectivity index (χ2n) is 14.6. The number of allylic oxidation sites excluding steroid dienone is 2. The van der Waals surface area contributed by atoms with E-state index in [1.54, 1.807) is 0 Å². The van der Waals surface area contributed by atoms with Gasteiger partial charge in [-0.3, -0.25) is 19.2 Å². The molecule has 202 valence electrons. The fourth-order valence-electron chi connectivity index (χ4n) is 10.5. The minimum Gasteiger partial charge on any atom is -0.299 e. The minimum atomic E-state index is -0.574. The van der Waals surface area contributed by atoms with Crippen molar-refractivity contribution < 1.29 is 19.2 Å². The van der Waals surface area contributed by atoms with Crippen LogP contribution in [0, 0.1) is 68.0 Å². The molecule has 0 heterocycles. The minimum absolute atomic E-state index is 0.0157. The molecule has 0 bridgehead atoms. The average molecular weight is 509 g/mol. The molecule has 0 aromatic carbocycles. The van der Waals surface area contributed by atoms with Gasteiger partial charge in [0.1, 0.15) is 11.9 Å². The number of nitriles is 1. The largest absolute Gasteiger partial charge is 0.299 e. The summed E-state index contributed by atoms with van der Waals surface area (Å²) in [6, 6.07) is 2.17. The van der Waals surface area contributed by atoms with Gasteiger partial charge in [-0.15, -0.1) is 0 Å². The van der Waals surface area contributed by atoms with Crippen LogP contribution < -0.4 is 5.48 Å². The van der Waals surface area contributed by atoms with E-state index in [1.165, 1.54) is 7.11 Å². The number of amides is 1. The molecule has 0 spiro atoms. The van der Waals surface area contributed by atoms with Crippen molar-refractivity contribution in [3.63, 3.8) is 0 Å². The Bertz CT molecular complexity index is 1120. The standard InChI is InChI=1S/C31H44N2O4/c1-18-20-8-9-29(5)23(28(20,4)15-19(17-32)25(18)35)14-22(34)24-21-16-27(2,3)10-12-31(21,26(36)33-37-7)13-11-30(24,29)6/h15,18,20-21,23-24H,8-14,16H2,1-7H3,(H,33,36)/t18-,20?,21?,23?,24?,28-,29+,30+,31-/m0/s1. The number of hydroxylamine groups is 1. The van der Waals surface area contributed by atoms with Gasteiger partial charge in [0.05, 0.1) is 18.1 Å². The van der Waals surface area contributed by atoms with Crippen molar-refractivity contribution in [2.45, 2.75) is 92.9 Å². The number of carbonyl (C=O) groups excluding carboxylic acids is 3. The fraction of sp³-hybridized carbons (Fsp3) is 0.806. The Balaban J connectivity index is 1.62. The third-order valence-electron chi connectivity index (χ3n) is 12.8. The lowest BCUT2D eigenvalue weighted by molar-refractivity contribution is -0.220. The predicted molar refractivity (Wildman–Crippen MR) is 139 cm³/mol. The van der Waals surface area contributed by atoms with Crippen molar-refractivity contribution in [3.05, 3.63) is 11.6 Å². The van der Waals surface area contributed by atoms with E-state index >= 15 is 0 Å². The molecular weight excluding hydrogens is 464 g/mol. The number of hydrogen-bond donors (Lipinski definition) is 1. The summed E-state index contributed by atoms with van der Waals surface area (Å²) in [6.07, 6.45) is 8.50. The lowest BCUT2D eigenvalue weighted by Gasteiger charge is -2.71. The van der Waals surface area contributed by atoms with Gasteiger partial charge in [-0.05, 0) is 84.4 Å². The molecule has 37 heavy (non-hydrogen) atoms. The zero-order valence-corrected chi connectivity index (χ0v) is 23.7. The molecule has 0 saturated heterocycles. The first-order valence-electron chi connectivity index (χ1n) is 14.2. The van der Waals surface area contributed by atoms with Gasteiger partial charge in [0, 0.05) is 18.3 Å². The van der Waals surface area contributed by atoms with Gasteiger partial charge in [0.2, 0.25) is 5.91 Å². The van der Waals surface area contributed by atoms with Gasteiger partial charge in [0.15, 0.2) is 5.78 Å². The number of hydrogen-bond acceptors (Lipinski definition) is 5. The van der Waals surface area contributed by atoms with Crippen LogP contribution in [0.25, 0.3) is 0 Å². The molecule has 6 heteroatoms. The molecule has 5 aliphatic carbocycles. The van der Waals surface area contributed by atoms with E-state index in [2.05, 4.69) is 46.2 Å². The number of nitrogens with zero attached hydrogens (tertiary/aromatic N) is 1. The van der Waals surface area contributed by atoms with E-state index < -0.39 is 5.41 Å². The van der Waals surface area contributed by atoms with Crippen molar-refractivity contribution in [3.8, 4) is 6.07 Å². The highest BCUT2D eigenvalue weighted by molar-refractivity contribution is 6.02. The first kappa shape index (κ1) is 26.6. The molecule has 1 amide bonds. The summed E-state index contributed by atoms with van der Waals surface area (Å²) < 4.78 is 0. The zero-order chi connectivity index (χ0) is 27.2. The van der Waals surface area contributed by atoms with E-state index in [9.17, 15) is 19.6 Å². The van der Waals surface area contributed by atoms with Crippen molar-refractivity contribution in [2.75, 3.05) is 7.11 Å². The maximum atomic E-state index is 14.4. The predicted octanol–water partition coefficient (Wildman–Crippen LogP) is 5.57. The molecule has 4 saturated carbocycles. The van der Waals surface area contributed by atoms with Crippen molar-refractivity contribution in [2.24, 2.45) is 56.7 Å². The first-order chi connectivity index (χ1) is 17.2. The third-order valence-corrected chi connectivity index (χ3v) is 12.8. The molecule has 9 atom stereocenters. The average Bonchev–Trinajstić information content (AvgIpc) is 2.82. The number of ketones is 2. The maximum Gasteiger partial charge on any atom is 0.250 e. The van der Waals surface area contributed by atoms with Gasteiger partial charge in [-0.1, -0.05) is 47.6 Å². The quantitative estimate of drug-likeness (QED) is 0.492. The Labute approximate surface area is 221 Å². The van der Waals surface area contributed by atoms with Crippen molar-refractivity contribution in [1.82, 2.24) is 5.48 Å². The summed E-state index contributed by atoms with van der Waals surface area (Å²) >= 11 is 0. The topological polar surface area (TPSA) is 96.3 Å².